The van der Waals surface area contributed by atoms with Crippen molar-refractivity contribution < 1.29 is 4.74 Å². The maximum atomic E-state index is 5.70. The molecule has 4 nitrogen and oxygen atoms in total. The van der Waals surface area contributed by atoms with Gasteiger partial charge in [-0.15, -0.1) is 0 Å². The number of hydrogen-bond acceptors (Lipinski definition) is 5. The van der Waals surface area contributed by atoms with Crippen LogP contribution in [-0.4, -0.2) is 23.1 Å². The Hall–Kier alpha value is -0.520. The molecule has 0 aromatic carbocycles. The largest absolute Gasteiger partial charge is 0.383 e. The molecular formula is C6H11N3OS. The molecule has 0 aliphatic carbocycles. The highest BCUT2D eigenvalue weighted by molar-refractivity contribution is 7.05. The van der Waals surface area contributed by atoms with E-state index in [1.807, 2.05) is 6.92 Å². The zero-order chi connectivity index (χ0) is 8.27. The standard InChI is InChI=1S/C6H11N3OS/c1-4-8-6(11-9-4)5(7)3-10-2/h5H,3,7H2,1-2H3. The van der Waals surface area contributed by atoms with Gasteiger partial charge in [-0.25, -0.2) is 4.98 Å². The van der Waals surface area contributed by atoms with Gasteiger partial charge in [0.15, 0.2) is 0 Å². The molecule has 2 N–H and O–H groups in total. The fraction of sp³-hybridized carbons (Fsp3) is 0.667. The molecule has 1 heterocycles. The monoisotopic (exact) mass is 173 g/mol. The molecule has 62 valence electrons. The third-order valence-corrected chi connectivity index (χ3v) is 2.14. The molecule has 0 spiro atoms. The normalized spacial score (nSPS) is 13.4. The molecule has 1 aromatic rings. The first-order valence-corrected chi connectivity index (χ1v) is 4.06. The summed E-state index contributed by atoms with van der Waals surface area (Å²) in [5.74, 6) is 0.775. The van der Waals surface area contributed by atoms with Crippen molar-refractivity contribution in [3.63, 3.8) is 0 Å². The van der Waals surface area contributed by atoms with E-state index in [0.717, 1.165) is 10.8 Å². The number of rotatable bonds is 3. The summed E-state index contributed by atoms with van der Waals surface area (Å²) in [6, 6.07) is -0.133. The number of aromatic nitrogens is 2. The van der Waals surface area contributed by atoms with Crippen LogP contribution in [0, 0.1) is 6.92 Å². The van der Waals surface area contributed by atoms with Gasteiger partial charge < -0.3 is 10.5 Å². The summed E-state index contributed by atoms with van der Waals surface area (Å²) < 4.78 is 8.90. The summed E-state index contributed by atoms with van der Waals surface area (Å²) >= 11 is 1.33. The van der Waals surface area contributed by atoms with Gasteiger partial charge in [0.1, 0.15) is 10.8 Å². The van der Waals surface area contributed by atoms with E-state index in [1.54, 1.807) is 7.11 Å². The van der Waals surface area contributed by atoms with Gasteiger partial charge in [-0.05, 0) is 18.5 Å². The Labute approximate surface area is 69.6 Å². The summed E-state index contributed by atoms with van der Waals surface area (Å²) in [5.41, 5.74) is 5.70. The molecule has 0 aliphatic rings. The minimum Gasteiger partial charge on any atom is -0.383 e. The van der Waals surface area contributed by atoms with Crippen molar-refractivity contribution in [2.75, 3.05) is 13.7 Å². The van der Waals surface area contributed by atoms with Gasteiger partial charge in [0, 0.05) is 7.11 Å². The Balaban J connectivity index is 2.60. The van der Waals surface area contributed by atoms with Gasteiger partial charge in [-0.3, -0.25) is 0 Å². The molecule has 0 aliphatic heterocycles. The van der Waals surface area contributed by atoms with E-state index in [9.17, 15) is 0 Å². The maximum absolute atomic E-state index is 5.70. The number of ether oxygens (including phenoxy) is 1. The van der Waals surface area contributed by atoms with Crippen LogP contribution in [-0.2, 0) is 4.74 Å². The third kappa shape index (κ3) is 2.21. The van der Waals surface area contributed by atoms with E-state index in [2.05, 4.69) is 9.36 Å². The number of hydrogen-bond donors (Lipinski definition) is 1. The number of nitrogens with zero attached hydrogens (tertiary/aromatic N) is 2. The van der Waals surface area contributed by atoms with E-state index < -0.39 is 0 Å². The van der Waals surface area contributed by atoms with Crippen LogP contribution in [0.1, 0.15) is 16.9 Å². The van der Waals surface area contributed by atoms with Crippen molar-refractivity contribution in [1.82, 2.24) is 9.36 Å². The summed E-state index contributed by atoms with van der Waals surface area (Å²) in [5, 5.41) is 0.837. The second kappa shape index (κ2) is 3.75. The molecule has 0 saturated heterocycles. The predicted octanol–water partition coefficient (Wildman–Crippen LogP) is 0.493. The minimum atomic E-state index is -0.133. The van der Waals surface area contributed by atoms with E-state index in [-0.39, 0.29) is 6.04 Å². The lowest BCUT2D eigenvalue weighted by molar-refractivity contribution is 0.181. The minimum absolute atomic E-state index is 0.133. The SMILES string of the molecule is COCC(N)c1nc(C)ns1. The molecule has 0 fully saturated rings. The number of aryl methyl sites for hydroxylation is 1. The first kappa shape index (κ1) is 8.58. The van der Waals surface area contributed by atoms with E-state index >= 15 is 0 Å². The number of methoxy groups -OCH3 is 1. The molecule has 0 saturated carbocycles. The highest BCUT2D eigenvalue weighted by Crippen LogP contribution is 2.12. The first-order chi connectivity index (χ1) is 5.24. The molecule has 11 heavy (non-hydrogen) atoms. The Morgan fingerprint density at radius 3 is 2.91 bits per heavy atom. The maximum Gasteiger partial charge on any atom is 0.139 e. The Morgan fingerprint density at radius 1 is 1.73 bits per heavy atom. The molecule has 5 heteroatoms. The molecule has 1 rings (SSSR count). The summed E-state index contributed by atoms with van der Waals surface area (Å²) in [7, 11) is 1.62. The molecule has 0 bridgehead atoms. The molecule has 0 amide bonds. The third-order valence-electron chi connectivity index (χ3n) is 1.21. The summed E-state index contributed by atoms with van der Waals surface area (Å²) in [6.07, 6.45) is 0. The van der Waals surface area contributed by atoms with E-state index in [0.29, 0.717) is 6.61 Å². The Morgan fingerprint density at radius 2 is 2.45 bits per heavy atom. The van der Waals surface area contributed by atoms with Crippen molar-refractivity contribution in [3.05, 3.63) is 10.8 Å². The molecular weight excluding hydrogens is 162 g/mol. The molecule has 0 radical (unpaired) electrons. The smallest absolute Gasteiger partial charge is 0.139 e. The predicted molar refractivity (Wildman–Crippen MR) is 43.5 cm³/mol. The van der Waals surface area contributed by atoms with Crippen molar-refractivity contribution in [3.8, 4) is 0 Å². The van der Waals surface area contributed by atoms with Gasteiger partial charge >= 0.3 is 0 Å². The quantitative estimate of drug-likeness (QED) is 0.722. The average molecular weight is 173 g/mol. The lowest BCUT2D eigenvalue weighted by atomic mass is 10.3. The highest BCUT2D eigenvalue weighted by atomic mass is 32.1. The lowest BCUT2D eigenvalue weighted by Crippen LogP contribution is -2.15. The Bertz CT molecular complexity index is 225. The van der Waals surface area contributed by atoms with Crippen LogP contribution in [0.4, 0.5) is 0 Å². The van der Waals surface area contributed by atoms with Crippen LogP contribution >= 0.6 is 11.5 Å². The fourth-order valence-corrected chi connectivity index (χ4v) is 1.36. The van der Waals surface area contributed by atoms with Crippen LogP contribution in [0.5, 0.6) is 0 Å². The van der Waals surface area contributed by atoms with Crippen LogP contribution < -0.4 is 5.73 Å². The Kier molecular flexibility index (Phi) is 2.92. The van der Waals surface area contributed by atoms with Gasteiger partial charge in [0.25, 0.3) is 0 Å². The van der Waals surface area contributed by atoms with Gasteiger partial charge in [0.05, 0.1) is 12.6 Å². The van der Waals surface area contributed by atoms with Crippen molar-refractivity contribution in [2.45, 2.75) is 13.0 Å². The average Bonchev–Trinajstić information content (AvgIpc) is 2.36. The second-order valence-corrected chi connectivity index (χ2v) is 3.03. The van der Waals surface area contributed by atoms with E-state index in [1.165, 1.54) is 11.5 Å². The van der Waals surface area contributed by atoms with Gasteiger partial charge in [-0.2, -0.15) is 4.37 Å². The molecule has 1 aromatic heterocycles. The number of nitrogens with two attached hydrogens (primary N) is 1. The highest BCUT2D eigenvalue weighted by Gasteiger charge is 2.09. The van der Waals surface area contributed by atoms with Crippen molar-refractivity contribution >= 4 is 11.5 Å². The zero-order valence-electron chi connectivity index (χ0n) is 6.57. The van der Waals surface area contributed by atoms with Crippen LogP contribution in [0.25, 0.3) is 0 Å². The second-order valence-electron chi connectivity index (χ2n) is 2.24. The van der Waals surface area contributed by atoms with E-state index in [4.69, 9.17) is 10.5 Å². The topological polar surface area (TPSA) is 61.0 Å². The van der Waals surface area contributed by atoms with Gasteiger partial charge in [-0.1, -0.05) is 0 Å². The zero-order valence-corrected chi connectivity index (χ0v) is 7.39. The summed E-state index contributed by atoms with van der Waals surface area (Å²) in [6.45, 7) is 2.34. The lowest BCUT2D eigenvalue weighted by Gasteiger charge is -2.04. The first-order valence-electron chi connectivity index (χ1n) is 3.28. The fourth-order valence-electron chi connectivity index (χ4n) is 0.715. The van der Waals surface area contributed by atoms with Gasteiger partial charge in [0.2, 0.25) is 0 Å². The molecule has 1 atom stereocenters. The summed E-state index contributed by atoms with van der Waals surface area (Å²) in [4.78, 5) is 4.13. The van der Waals surface area contributed by atoms with Crippen molar-refractivity contribution in [1.29, 1.82) is 0 Å². The van der Waals surface area contributed by atoms with Crippen LogP contribution in [0.3, 0.4) is 0 Å². The molecule has 1 unspecified atom stereocenters. The van der Waals surface area contributed by atoms with Crippen LogP contribution in [0.2, 0.25) is 0 Å². The van der Waals surface area contributed by atoms with Crippen LogP contribution in [0.15, 0.2) is 0 Å². The van der Waals surface area contributed by atoms with Crippen molar-refractivity contribution in [2.24, 2.45) is 5.73 Å².